The zero-order valence-electron chi connectivity index (χ0n) is 11.5. The summed E-state index contributed by atoms with van der Waals surface area (Å²) in [7, 11) is 0. The van der Waals surface area contributed by atoms with E-state index in [4.69, 9.17) is 0 Å². The van der Waals surface area contributed by atoms with Crippen LogP contribution in [-0.4, -0.2) is 29.2 Å². The molecule has 1 fully saturated rings. The molecule has 1 saturated heterocycles. The van der Waals surface area contributed by atoms with E-state index in [0.29, 0.717) is 5.13 Å². The Morgan fingerprint density at radius 2 is 2.16 bits per heavy atom. The van der Waals surface area contributed by atoms with Gasteiger partial charge in [-0.05, 0) is 19.4 Å². The van der Waals surface area contributed by atoms with Crippen molar-refractivity contribution >= 4 is 34.8 Å². The van der Waals surface area contributed by atoms with Crippen LogP contribution in [0.25, 0.3) is 0 Å². The second kappa shape index (κ2) is 6.63. The van der Waals surface area contributed by atoms with Gasteiger partial charge in [-0.1, -0.05) is 32.1 Å². The lowest BCUT2D eigenvalue weighted by molar-refractivity contribution is -0.120. The third kappa shape index (κ3) is 4.40. The quantitative estimate of drug-likeness (QED) is 0.879. The monoisotopic (exact) mass is 304 g/mol. The third-order valence-corrected chi connectivity index (χ3v) is 4.23. The van der Waals surface area contributed by atoms with Gasteiger partial charge in [-0.3, -0.25) is 4.79 Å². The first-order valence-electron chi connectivity index (χ1n) is 6.32. The number of rotatable bonds is 2. The molecule has 2 rings (SSSR count). The van der Waals surface area contributed by atoms with Crippen molar-refractivity contribution in [3.63, 3.8) is 0 Å². The molecule has 2 heterocycles. The fourth-order valence-corrected chi connectivity index (χ4v) is 2.66. The highest BCUT2D eigenvalue weighted by Crippen LogP contribution is 2.28. The first-order chi connectivity index (χ1) is 8.47. The Bertz CT molecular complexity index is 424. The van der Waals surface area contributed by atoms with Crippen molar-refractivity contribution in [3.8, 4) is 0 Å². The second-order valence-corrected chi connectivity index (χ2v) is 6.67. The Balaban J connectivity index is 0.00000180. The standard InChI is InChI=1S/C12H20N4OS.ClH/c1-12(2,3)10-15-16-11(18-10)14-9(17)8-5-4-6-13-7-8;/h8,13H,4-7H2,1-3H3,(H,14,16,17);1H. The van der Waals surface area contributed by atoms with Crippen LogP contribution in [0.2, 0.25) is 0 Å². The van der Waals surface area contributed by atoms with E-state index in [-0.39, 0.29) is 29.6 Å². The van der Waals surface area contributed by atoms with E-state index in [9.17, 15) is 4.79 Å². The van der Waals surface area contributed by atoms with Crippen LogP contribution in [-0.2, 0) is 10.2 Å². The van der Waals surface area contributed by atoms with Crippen molar-refractivity contribution in [2.24, 2.45) is 5.92 Å². The summed E-state index contributed by atoms with van der Waals surface area (Å²) in [6.07, 6.45) is 2.01. The van der Waals surface area contributed by atoms with Crippen molar-refractivity contribution in [1.29, 1.82) is 0 Å². The molecule has 0 spiro atoms. The lowest BCUT2D eigenvalue weighted by atomic mass is 9.98. The fourth-order valence-electron chi connectivity index (χ4n) is 1.86. The Kier molecular flexibility index (Phi) is 5.70. The first kappa shape index (κ1) is 16.3. The van der Waals surface area contributed by atoms with Crippen molar-refractivity contribution in [2.75, 3.05) is 18.4 Å². The molecule has 0 saturated carbocycles. The molecule has 0 bridgehead atoms. The summed E-state index contributed by atoms with van der Waals surface area (Å²) >= 11 is 1.46. The van der Waals surface area contributed by atoms with Crippen molar-refractivity contribution in [2.45, 2.75) is 39.0 Å². The molecule has 1 aromatic heterocycles. The number of nitrogens with one attached hydrogen (secondary N) is 2. The number of hydrogen-bond donors (Lipinski definition) is 2. The minimum atomic E-state index is -0.0208. The van der Waals surface area contributed by atoms with Crippen molar-refractivity contribution in [3.05, 3.63) is 5.01 Å². The molecule has 19 heavy (non-hydrogen) atoms. The Hall–Kier alpha value is -0.720. The van der Waals surface area contributed by atoms with Crippen LogP contribution < -0.4 is 10.6 Å². The van der Waals surface area contributed by atoms with Gasteiger partial charge >= 0.3 is 0 Å². The summed E-state index contributed by atoms with van der Waals surface area (Å²) in [5.41, 5.74) is -0.0208. The van der Waals surface area contributed by atoms with Crippen molar-refractivity contribution in [1.82, 2.24) is 15.5 Å². The lowest BCUT2D eigenvalue weighted by Crippen LogP contribution is -2.37. The van der Waals surface area contributed by atoms with Gasteiger partial charge < -0.3 is 10.6 Å². The summed E-state index contributed by atoms with van der Waals surface area (Å²) in [5, 5.41) is 15.8. The predicted molar refractivity (Wildman–Crippen MR) is 80.1 cm³/mol. The third-order valence-electron chi connectivity index (χ3n) is 2.96. The number of piperidine rings is 1. The average molecular weight is 305 g/mol. The molecule has 1 aromatic rings. The fraction of sp³-hybridized carbons (Fsp3) is 0.750. The van der Waals surface area contributed by atoms with Gasteiger partial charge in [-0.2, -0.15) is 0 Å². The van der Waals surface area contributed by atoms with Gasteiger partial charge in [0.05, 0.1) is 5.92 Å². The van der Waals surface area contributed by atoms with E-state index in [1.165, 1.54) is 11.3 Å². The molecule has 7 heteroatoms. The highest BCUT2D eigenvalue weighted by atomic mass is 35.5. The van der Waals surface area contributed by atoms with E-state index in [1.807, 2.05) is 0 Å². The van der Waals surface area contributed by atoms with E-state index >= 15 is 0 Å². The summed E-state index contributed by atoms with van der Waals surface area (Å²) in [6.45, 7) is 8.03. The zero-order valence-corrected chi connectivity index (χ0v) is 13.2. The van der Waals surface area contributed by atoms with Crippen LogP contribution in [0, 0.1) is 5.92 Å². The summed E-state index contributed by atoms with van der Waals surface area (Å²) in [6, 6.07) is 0. The van der Waals surface area contributed by atoms with Crippen LogP contribution in [0.1, 0.15) is 38.6 Å². The van der Waals surface area contributed by atoms with E-state index < -0.39 is 0 Å². The molecule has 1 atom stereocenters. The minimum absolute atomic E-state index is 0. The number of halogens is 1. The number of carbonyl (C=O) groups is 1. The summed E-state index contributed by atoms with van der Waals surface area (Å²) < 4.78 is 0. The van der Waals surface area contributed by atoms with Gasteiger partial charge in [-0.15, -0.1) is 22.6 Å². The van der Waals surface area contributed by atoms with Crippen LogP contribution in [0.15, 0.2) is 0 Å². The molecule has 0 aromatic carbocycles. The van der Waals surface area contributed by atoms with Gasteiger partial charge in [0.25, 0.3) is 0 Å². The largest absolute Gasteiger partial charge is 0.316 e. The van der Waals surface area contributed by atoms with Gasteiger partial charge in [0.1, 0.15) is 5.01 Å². The number of anilines is 1. The van der Waals surface area contributed by atoms with Crippen molar-refractivity contribution < 1.29 is 4.79 Å². The van der Waals surface area contributed by atoms with Crippen LogP contribution in [0.4, 0.5) is 5.13 Å². The maximum Gasteiger partial charge on any atom is 0.230 e. The average Bonchev–Trinajstić information content (AvgIpc) is 2.78. The molecular weight excluding hydrogens is 284 g/mol. The molecular formula is C12H21ClN4OS. The molecule has 5 nitrogen and oxygen atoms in total. The normalized spacial score (nSPS) is 19.6. The maximum absolute atomic E-state index is 12.0. The van der Waals surface area contributed by atoms with Gasteiger partial charge in [0, 0.05) is 12.0 Å². The Morgan fingerprint density at radius 1 is 1.42 bits per heavy atom. The molecule has 2 N–H and O–H groups in total. The summed E-state index contributed by atoms with van der Waals surface area (Å²) in [4.78, 5) is 12.0. The highest BCUT2D eigenvalue weighted by molar-refractivity contribution is 7.15. The molecule has 108 valence electrons. The van der Waals surface area contributed by atoms with E-state index in [0.717, 1.165) is 30.9 Å². The smallest absolute Gasteiger partial charge is 0.230 e. The number of amides is 1. The Morgan fingerprint density at radius 3 is 2.68 bits per heavy atom. The second-order valence-electron chi connectivity index (χ2n) is 5.69. The summed E-state index contributed by atoms with van der Waals surface area (Å²) in [5.74, 6) is 0.111. The minimum Gasteiger partial charge on any atom is -0.316 e. The Labute approximate surface area is 124 Å². The first-order valence-corrected chi connectivity index (χ1v) is 7.14. The van der Waals surface area contributed by atoms with Gasteiger partial charge in [0.15, 0.2) is 0 Å². The molecule has 1 aliphatic heterocycles. The topological polar surface area (TPSA) is 66.9 Å². The molecule has 1 unspecified atom stereocenters. The molecule has 0 radical (unpaired) electrons. The SMILES string of the molecule is CC(C)(C)c1nnc(NC(=O)C2CCCNC2)s1.Cl. The highest BCUT2D eigenvalue weighted by Gasteiger charge is 2.24. The van der Waals surface area contributed by atoms with Gasteiger partial charge in [-0.25, -0.2) is 0 Å². The van der Waals surface area contributed by atoms with Crippen LogP contribution in [0.5, 0.6) is 0 Å². The number of carbonyl (C=O) groups excluding carboxylic acids is 1. The maximum atomic E-state index is 12.0. The number of nitrogens with zero attached hydrogens (tertiary/aromatic N) is 2. The van der Waals surface area contributed by atoms with E-state index in [2.05, 4.69) is 41.6 Å². The zero-order chi connectivity index (χ0) is 13.2. The number of aromatic nitrogens is 2. The molecule has 0 aliphatic carbocycles. The van der Waals surface area contributed by atoms with Crippen LogP contribution >= 0.6 is 23.7 Å². The molecule has 1 aliphatic rings. The van der Waals surface area contributed by atoms with E-state index in [1.54, 1.807) is 0 Å². The predicted octanol–water partition coefficient (Wildman–Crippen LogP) is 2.20. The molecule has 1 amide bonds. The lowest BCUT2D eigenvalue weighted by Gasteiger charge is -2.21. The van der Waals surface area contributed by atoms with Crippen LogP contribution in [0.3, 0.4) is 0 Å². The number of hydrogen-bond acceptors (Lipinski definition) is 5. The van der Waals surface area contributed by atoms with Gasteiger partial charge in [0.2, 0.25) is 11.0 Å².